The molecule has 0 saturated heterocycles. The highest BCUT2D eigenvalue weighted by Crippen LogP contribution is 2.40. The molecule has 8 nitrogen and oxygen atoms in total. The maximum atomic E-state index is 13.8. The highest BCUT2D eigenvalue weighted by Gasteiger charge is 2.25. The Bertz CT molecular complexity index is 1320. The lowest BCUT2D eigenvalue weighted by Gasteiger charge is -2.27. The van der Waals surface area contributed by atoms with Gasteiger partial charge in [0.1, 0.15) is 24.8 Å². The topological polar surface area (TPSA) is 105 Å². The summed E-state index contributed by atoms with van der Waals surface area (Å²) in [5.74, 6) is -0.771. The van der Waals surface area contributed by atoms with Crippen LogP contribution in [0.15, 0.2) is 59.5 Å². The second kappa shape index (κ2) is 9.26. The largest absolute Gasteiger partial charge is 0.486 e. The summed E-state index contributed by atoms with van der Waals surface area (Å²) in [5, 5.41) is 9.55. The minimum atomic E-state index is -3.39. The maximum Gasteiger partial charge on any atom is 0.294 e. The van der Waals surface area contributed by atoms with E-state index >= 15 is 0 Å². The number of sulfone groups is 1. The number of rotatable bonds is 7. The van der Waals surface area contributed by atoms with Crippen LogP contribution >= 0.6 is 0 Å². The third-order valence-corrected chi connectivity index (χ3v) is 6.29. The first-order valence-electron chi connectivity index (χ1n) is 10.1. The average molecular weight is 491 g/mol. The third kappa shape index (κ3) is 5.42. The summed E-state index contributed by atoms with van der Waals surface area (Å²) >= 11 is 0. The smallest absolute Gasteiger partial charge is 0.294 e. The highest BCUT2D eigenvalue weighted by molar-refractivity contribution is 7.90. The van der Waals surface area contributed by atoms with E-state index in [0.29, 0.717) is 33.8 Å². The molecule has 3 aromatic carbocycles. The predicted molar refractivity (Wildman–Crippen MR) is 117 cm³/mol. The molecule has 0 saturated carbocycles. The molecule has 1 aliphatic heterocycles. The van der Waals surface area contributed by atoms with Crippen molar-refractivity contribution in [3.8, 4) is 22.6 Å². The third-order valence-electron chi connectivity index (χ3n) is 5.16. The SMILES string of the molecule is CS(=O)(=O)c1ccc(-c2cc3c(cc2Cc2cc(F)cc(F)c2)OC(CO[N+](=O)[O-])CO3)cc1. The lowest BCUT2D eigenvalue weighted by molar-refractivity contribution is -0.759. The zero-order valence-corrected chi connectivity index (χ0v) is 18.7. The van der Waals surface area contributed by atoms with Crippen molar-refractivity contribution in [1.29, 1.82) is 0 Å². The van der Waals surface area contributed by atoms with Gasteiger partial charge in [-0.05, 0) is 65.1 Å². The molecule has 178 valence electrons. The normalized spacial score (nSPS) is 15.1. The molecule has 0 radical (unpaired) electrons. The molecule has 11 heteroatoms. The van der Waals surface area contributed by atoms with Gasteiger partial charge in [-0.25, -0.2) is 17.2 Å². The number of fused-ring (bicyclic) bond motifs is 1. The van der Waals surface area contributed by atoms with Gasteiger partial charge in [0.15, 0.2) is 27.4 Å². The van der Waals surface area contributed by atoms with Crippen LogP contribution in [0.2, 0.25) is 0 Å². The van der Waals surface area contributed by atoms with E-state index in [1.54, 1.807) is 24.3 Å². The average Bonchev–Trinajstić information content (AvgIpc) is 2.76. The lowest BCUT2D eigenvalue weighted by atomic mass is 9.94. The summed E-state index contributed by atoms with van der Waals surface area (Å²) in [6.07, 6.45) is 0.511. The standard InChI is InChI=1S/C23H19F2NO7S/c1-34(29,30)20-4-2-15(3-5-20)21-11-22-23(33-19(12-31-22)13-32-26(27)28)9-16(21)6-14-7-17(24)10-18(25)8-14/h2-5,7-11,19H,6,12-13H2,1H3. The van der Waals surface area contributed by atoms with Crippen molar-refractivity contribution in [2.75, 3.05) is 19.5 Å². The van der Waals surface area contributed by atoms with Crippen molar-refractivity contribution in [3.05, 3.63) is 87.5 Å². The van der Waals surface area contributed by atoms with Crippen LogP contribution < -0.4 is 9.47 Å². The van der Waals surface area contributed by atoms with E-state index in [1.807, 2.05) is 0 Å². The summed E-state index contributed by atoms with van der Waals surface area (Å²) < 4.78 is 62.7. The summed E-state index contributed by atoms with van der Waals surface area (Å²) in [5.41, 5.74) is 2.29. The minimum absolute atomic E-state index is 0.0156. The number of ether oxygens (including phenoxy) is 2. The molecule has 0 aliphatic carbocycles. The van der Waals surface area contributed by atoms with Gasteiger partial charge in [-0.2, -0.15) is 0 Å². The summed E-state index contributed by atoms with van der Waals surface area (Å²) in [6, 6.07) is 12.7. The molecule has 1 unspecified atom stereocenters. The number of hydrogen-bond acceptors (Lipinski definition) is 7. The molecular weight excluding hydrogens is 472 g/mol. The second-order valence-electron chi connectivity index (χ2n) is 7.78. The van der Waals surface area contributed by atoms with Crippen LogP contribution in [0.3, 0.4) is 0 Å². The molecule has 0 amide bonds. The first-order chi connectivity index (χ1) is 16.1. The van der Waals surface area contributed by atoms with E-state index in [2.05, 4.69) is 4.84 Å². The molecular formula is C23H19F2NO7S. The van der Waals surface area contributed by atoms with Gasteiger partial charge in [0.05, 0.1) is 4.90 Å². The Morgan fingerprint density at radius 3 is 2.35 bits per heavy atom. The van der Waals surface area contributed by atoms with Gasteiger partial charge in [0, 0.05) is 12.3 Å². The number of nitrogens with zero attached hydrogens (tertiary/aromatic N) is 1. The molecule has 0 fully saturated rings. The van der Waals surface area contributed by atoms with Gasteiger partial charge in [-0.1, -0.05) is 12.1 Å². The van der Waals surface area contributed by atoms with Crippen LogP contribution in [0, 0.1) is 21.7 Å². The van der Waals surface area contributed by atoms with Crippen molar-refractivity contribution in [1.82, 2.24) is 0 Å². The Balaban J connectivity index is 1.74. The predicted octanol–water partition coefficient (Wildman–Crippen LogP) is 3.97. The second-order valence-corrected chi connectivity index (χ2v) is 9.79. The van der Waals surface area contributed by atoms with E-state index in [-0.39, 0.29) is 24.5 Å². The van der Waals surface area contributed by atoms with Crippen molar-refractivity contribution in [3.63, 3.8) is 0 Å². The fourth-order valence-corrected chi connectivity index (χ4v) is 4.29. The van der Waals surface area contributed by atoms with Crippen LogP contribution in [0.25, 0.3) is 11.1 Å². The van der Waals surface area contributed by atoms with Gasteiger partial charge < -0.3 is 14.3 Å². The Morgan fingerprint density at radius 2 is 1.74 bits per heavy atom. The van der Waals surface area contributed by atoms with Crippen LogP contribution in [0.4, 0.5) is 8.78 Å². The summed E-state index contributed by atoms with van der Waals surface area (Å²) in [4.78, 5) is 15.0. The molecule has 4 rings (SSSR count). The highest BCUT2D eigenvalue weighted by atomic mass is 32.2. The Kier molecular flexibility index (Phi) is 6.38. The lowest BCUT2D eigenvalue weighted by Crippen LogP contribution is -2.34. The summed E-state index contributed by atoms with van der Waals surface area (Å²) in [7, 11) is -3.39. The molecule has 0 bridgehead atoms. The van der Waals surface area contributed by atoms with Gasteiger partial charge in [-0.15, -0.1) is 10.1 Å². The molecule has 0 N–H and O–H groups in total. The molecule has 1 aliphatic rings. The maximum absolute atomic E-state index is 13.8. The molecule has 1 atom stereocenters. The summed E-state index contributed by atoms with van der Waals surface area (Å²) in [6.45, 7) is -0.312. The zero-order chi connectivity index (χ0) is 24.5. The van der Waals surface area contributed by atoms with Crippen molar-refractivity contribution in [2.45, 2.75) is 17.4 Å². The van der Waals surface area contributed by atoms with Gasteiger partial charge >= 0.3 is 0 Å². The monoisotopic (exact) mass is 491 g/mol. The Labute approximate surface area is 193 Å². The molecule has 1 heterocycles. The first kappa shape index (κ1) is 23.4. The van der Waals surface area contributed by atoms with Crippen LogP contribution in [0.5, 0.6) is 11.5 Å². The molecule has 0 aromatic heterocycles. The molecule has 34 heavy (non-hydrogen) atoms. The van der Waals surface area contributed by atoms with Gasteiger partial charge in [0.25, 0.3) is 5.09 Å². The van der Waals surface area contributed by atoms with E-state index in [9.17, 15) is 27.3 Å². The van der Waals surface area contributed by atoms with Crippen LogP contribution in [0.1, 0.15) is 11.1 Å². The zero-order valence-electron chi connectivity index (χ0n) is 17.9. The Hall–Kier alpha value is -3.73. The van der Waals surface area contributed by atoms with Crippen molar-refractivity contribution in [2.24, 2.45) is 0 Å². The number of hydrogen-bond donors (Lipinski definition) is 0. The van der Waals surface area contributed by atoms with E-state index in [0.717, 1.165) is 12.3 Å². The van der Waals surface area contributed by atoms with Crippen LogP contribution in [-0.4, -0.2) is 39.1 Å². The first-order valence-corrected chi connectivity index (χ1v) is 12.0. The van der Waals surface area contributed by atoms with Gasteiger partial charge in [0.2, 0.25) is 0 Å². The van der Waals surface area contributed by atoms with Crippen molar-refractivity contribution < 1.29 is 36.6 Å². The van der Waals surface area contributed by atoms with Crippen molar-refractivity contribution >= 4 is 9.84 Å². The van der Waals surface area contributed by atoms with E-state index < -0.39 is 32.7 Å². The number of benzene rings is 3. The Morgan fingerprint density at radius 1 is 1.06 bits per heavy atom. The van der Waals surface area contributed by atoms with E-state index in [1.165, 1.54) is 24.3 Å². The minimum Gasteiger partial charge on any atom is -0.486 e. The van der Waals surface area contributed by atoms with Gasteiger partial charge in [-0.3, -0.25) is 0 Å². The number of halogens is 2. The fraction of sp³-hybridized carbons (Fsp3) is 0.217. The quantitative estimate of drug-likeness (QED) is 0.364. The van der Waals surface area contributed by atoms with Crippen LogP contribution in [-0.2, 0) is 21.1 Å². The molecule has 0 spiro atoms. The fourth-order valence-electron chi connectivity index (χ4n) is 3.66. The van der Waals surface area contributed by atoms with E-state index in [4.69, 9.17) is 9.47 Å². The molecule has 3 aromatic rings.